The van der Waals surface area contributed by atoms with Gasteiger partial charge in [0, 0.05) is 12.5 Å². The molecule has 0 radical (unpaired) electrons. The van der Waals surface area contributed by atoms with Gasteiger partial charge in [0.25, 0.3) is 0 Å². The van der Waals surface area contributed by atoms with E-state index >= 15 is 0 Å². The minimum absolute atomic E-state index is 0. The highest BCUT2D eigenvalue weighted by Crippen LogP contribution is 2.30. The molecule has 0 aromatic rings. The Hall–Kier alpha value is -0.280. The van der Waals surface area contributed by atoms with Gasteiger partial charge in [0.2, 0.25) is 5.91 Å². The van der Waals surface area contributed by atoms with Crippen molar-refractivity contribution in [1.82, 2.24) is 10.6 Å². The molecule has 1 aliphatic carbocycles. The summed E-state index contributed by atoms with van der Waals surface area (Å²) < 4.78 is 0. The average Bonchev–Trinajstić information content (AvgIpc) is 3.01. The van der Waals surface area contributed by atoms with Crippen LogP contribution in [-0.2, 0) is 4.79 Å². The van der Waals surface area contributed by atoms with E-state index in [0.29, 0.717) is 5.91 Å². The summed E-state index contributed by atoms with van der Waals surface area (Å²) in [7, 11) is 0. The highest BCUT2D eigenvalue weighted by atomic mass is 35.5. The van der Waals surface area contributed by atoms with Gasteiger partial charge in [-0.05, 0) is 50.6 Å². The largest absolute Gasteiger partial charge is 0.356 e. The molecule has 2 fully saturated rings. The van der Waals surface area contributed by atoms with Gasteiger partial charge in [-0.2, -0.15) is 0 Å². The van der Waals surface area contributed by atoms with Gasteiger partial charge >= 0.3 is 0 Å². The van der Waals surface area contributed by atoms with Crippen LogP contribution in [0, 0.1) is 17.8 Å². The van der Waals surface area contributed by atoms with Gasteiger partial charge in [-0.3, -0.25) is 4.79 Å². The van der Waals surface area contributed by atoms with Gasteiger partial charge in [0.15, 0.2) is 0 Å². The van der Waals surface area contributed by atoms with Crippen LogP contribution in [0.25, 0.3) is 0 Å². The lowest BCUT2D eigenvalue weighted by Crippen LogP contribution is -2.33. The molecule has 2 rings (SSSR count). The maximum Gasteiger partial charge on any atom is 0.223 e. The lowest BCUT2D eigenvalue weighted by atomic mass is 9.81. The lowest BCUT2D eigenvalue weighted by Gasteiger charge is -2.26. The number of halogens is 1. The minimum atomic E-state index is 0. The molecule has 1 amide bonds. The van der Waals surface area contributed by atoms with Gasteiger partial charge < -0.3 is 10.6 Å². The molecule has 1 saturated heterocycles. The summed E-state index contributed by atoms with van der Waals surface area (Å²) in [4.78, 5) is 12.5. The second-order valence-corrected chi connectivity index (χ2v) is 7.16. The summed E-state index contributed by atoms with van der Waals surface area (Å²) in [5.41, 5.74) is 0. The molecular weight excluding hydrogens is 296 g/mol. The van der Waals surface area contributed by atoms with Gasteiger partial charge in [0.05, 0.1) is 0 Å². The maximum absolute atomic E-state index is 12.5. The number of nitrogens with one attached hydrogen (secondary N) is 2. The quantitative estimate of drug-likeness (QED) is 0.708. The third kappa shape index (κ3) is 6.87. The number of amides is 1. The molecular formula is C18H35ClN2O. The van der Waals surface area contributed by atoms with Crippen molar-refractivity contribution >= 4 is 18.3 Å². The van der Waals surface area contributed by atoms with Gasteiger partial charge in [-0.15, -0.1) is 12.4 Å². The van der Waals surface area contributed by atoms with E-state index in [1.165, 1.54) is 38.5 Å². The van der Waals surface area contributed by atoms with Gasteiger partial charge in [-0.1, -0.05) is 45.4 Å². The van der Waals surface area contributed by atoms with Crippen LogP contribution >= 0.6 is 12.4 Å². The monoisotopic (exact) mass is 330 g/mol. The Morgan fingerprint density at radius 3 is 2.59 bits per heavy atom. The van der Waals surface area contributed by atoms with Gasteiger partial charge in [0.1, 0.15) is 0 Å². The predicted molar refractivity (Wildman–Crippen MR) is 95.4 cm³/mol. The number of hydrogen-bond acceptors (Lipinski definition) is 2. The van der Waals surface area contributed by atoms with Crippen LogP contribution in [0.3, 0.4) is 0 Å². The summed E-state index contributed by atoms with van der Waals surface area (Å²) in [6.45, 7) is 5.36. The first kappa shape index (κ1) is 19.8. The van der Waals surface area contributed by atoms with E-state index in [-0.39, 0.29) is 18.3 Å². The van der Waals surface area contributed by atoms with Crippen molar-refractivity contribution < 1.29 is 4.79 Å². The van der Waals surface area contributed by atoms with E-state index < -0.39 is 0 Å². The molecule has 2 N–H and O–H groups in total. The van der Waals surface area contributed by atoms with E-state index in [1.807, 2.05) is 0 Å². The highest BCUT2D eigenvalue weighted by Gasteiger charge is 2.24. The summed E-state index contributed by atoms with van der Waals surface area (Å²) in [5, 5.41) is 6.61. The first-order valence-electron chi connectivity index (χ1n) is 9.28. The van der Waals surface area contributed by atoms with Crippen molar-refractivity contribution in [2.24, 2.45) is 17.8 Å². The molecule has 0 spiro atoms. The molecule has 2 atom stereocenters. The molecule has 1 saturated carbocycles. The number of rotatable bonds is 8. The Kier molecular flexibility index (Phi) is 10.1. The van der Waals surface area contributed by atoms with Crippen molar-refractivity contribution in [3.8, 4) is 0 Å². The SMILES string of the molecule is CCCC(CC1CCCCC1)C(=O)NCCC1CCNC1.Cl. The molecule has 0 aromatic carbocycles. The standard InChI is InChI=1S/C18H34N2O.ClH/c1-2-6-17(13-15-7-4-3-5-8-15)18(21)20-12-10-16-9-11-19-14-16;/h15-17,19H,2-14H2,1H3,(H,20,21);1H. The summed E-state index contributed by atoms with van der Waals surface area (Å²) in [6.07, 6.45) is 12.6. The first-order chi connectivity index (χ1) is 10.3. The fraction of sp³-hybridized carbons (Fsp3) is 0.944. The molecule has 4 heteroatoms. The molecule has 3 nitrogen and oxygen atoms in total. The normalized spacial score (nSPS) is 23.8. The van der Waals surface area contributed by atoms with Crippen LogP contribution in [0.15, 0.2) is 0 Å². The van der Waals surface area contributed by atoms with E-state index in [0.717, 1.165) is 57.2 Å². The smallest absolute Gasteiger partial charge is 0.223 e. The molecule has 0 aromatic heterocycles. The van der Waals surface area contributed by atoms with Gasteiger partial charge in [-0.25, -0.2) is 0 Å². The maximum atomic E-state index is 12.5. The zero-order valence-corrected chi connectivity index (χ0v) is 15.1. The predicted octanol–water partition coefficient (Wildman–Crippen LogP) is 3.91. The zero-order valence-electron chi connectivity index (χ0n) is 14.2. The van der Waals surface area contributed by atoms with E-state index in [1.54, 1.807) is 0 Å². The van der Waals surface area contributed by atoms with Crippen molar-refractivity contribution in [3.63, 3.8) is 0 Å². The van der Waals surface area contributed by atoms with E-state index in [2.05, 4.69) is 17.6 Å². The molecule has 2 unspecified atom stereocenters. The lowest BCUT2D eigenvalue weighted by molar-refractivity contribution is -0.125. The van der Waals surface area contributed by atoms with Crippen molar-refractivity contribution in [2.45, 2.75) is 71.1 Å². The number of carbonyl (C=O) groups is 1. The Labute approximate surface area is 142 Å². The molecule has 0 bridgehead atoms. The van der Waals surface area contributed by atoms with Crippen LogP contribution in [0.5, 0.6) is 0 Å². The number of carbonyl (C=O) groups excluding carboxylic acids is 1. The fourth-order valence-electron chi connectivity index (χ4n) is 4.03. The van der Waals surface area contributed by atoms with Crippen LogP contribution in [0.2, 0.25) is 0 Å². The highest BCUT2D eigenvalue weighted by molar-refractivity contribution is 5.85. The number of hydrogen-bond donors (Lipinski definition) is 2. The zero-order chi connectivity index (χ0) is 14.9. The topological polar surface area (TPSA) is 41.1 Å². The third-order valence-corrected chi connectivity index (χ3v) is 5.36. The Balaban J connectivity index is 0.00000242. The minimum Gasteiger partial charge on any atom is -0.356 e. The second kappa shape index (κ2) is 11.3. The Morgan fingerprint density at radius 1 is 1.18 bits per heavy atom. The second-order valence-electron chi connectivity index (χ2n) is 7.16. The summed E-state index contributed by atoms with van der Waals surface area (Å²) in [6, 6.07) is 0. The summed E-state index contributed by atoms with van der Waals surface area (Å²) in [5.74, 6) is 2.17. The third-order valence-electron chi connectivity index (χ3n) is 5.36. The van der Waals surface area contributed by atoms with Crippen LogP contribution in [0.4, 0.5) is 0 Å². The average molecular weight is 331 g/mol. The molecule has 22 heavy (non-hydrogen) atoms. The molecule has 1 heterocycles. The fourth-order valence-corrected chi connectivity index (χ4v) is 4.03. The van der Waals surface area contributed by atoms with E-state index in [4.69, 9.17) is 0 Å². The molecule has 2 aliphatic rings. The summed E-state index contributed by atoms with van der Waals surface area (Å²) >= 11 is 0. The van der Waals surface area contributed by atoms with Crippen molar-refractivity contribution in [1.29, 1.82) is 0 Å². The van der Waals surface area contributed by atoms with Crippen LogP contribution in [-0.4, -0.2) is 25.5 Å². The van der Waals surface area contributed by atoms with Crippen LogP contribution in [0.1, 0.15) is 71.1 Å². The molecule has 130 valence electrons. The first-order valence-corrected chi connectivity index (χ1v) is 9.28. The van der Waals surface area contributed by atoms with Crippen molar-refractivity contribution in [2.75, 3.05) is 19.6 Å². The molecule has 1 aliphatic heterocycles. The Bertz CT molecular complexity index is 299. The van der Waals surface area contributed by atoms with Crippen LogP contribution < -0.4 is 10.6 Å². The van der Waals surface area contributed by atoms with E-state index in [9.17, 15) is 4.79 Å². The van der Waals surface area contributed by atoms with Crippen molar-refractivity contribution in [3.05, 3.63) is 0 Å². The Morgan fingerprint density at radius 2 is 1.95 bits per heavy atom.